The number of benzene rings is 1. The van der Waals surface area contributed by atoms with Gasteiger partial charge in [-0.15, -0.1) is 12.4 Å². The molecule has 0 aliphatic heterocycles. The van der Waals surface area contributed by atoms with E-state index < -0.39 is 15.6 Å². The van der Waals surface area contributed by atoms with Crippen LogP contribution in [0.2, 0.25) is 0 Å². The largest absolute Gasteiger partial charge is 0.495 e. The lowest BCUT2D eigenvalue weighted by Gasteiger charge is -2.29. The summed E-state index contributed by atoms with van der Waals surface area (Å²) in [6.07, 6.45) is 2.03. The van der Waals surface area contributed by atoms with Crippen molar-refractivity contribution in [2.45, 2.75) is 30.2 Å². The number of methoxy groups -OCH3 is 1. The monoisotopic (exact) mass is 320 g/mol. The molecule has 1 aliphatic carbocycles. The molecule has 3 N–H and O–H groups in total. The third-order valence-corrected chi connectivity index (χ3v) is 5.28. The lowest BCUT2D eigenvalue weighted by Crippen LogP contribution is -2.53. The number of hydrogen-bond acceptors (Lipinski definition) is 4. The van der Waals surface area contributed by atoms with Gasteiger partial charge in [0, 0.05) is 12.1 Å². The Hall–Kier alpha value is -0.820. The molecule has 1 aliphatic rings. The number of sulfonamides is 1. The highest BCUT2D eigenvalue weighted by Crippen LogP contribution is 2.40. The number of halogens is 1. The molecule has 1 atom stereocenters. The minimum atomic E-state index is -3.63. The molecule has 0 heterocycles. The Labute approximate surface area is 126 Å². The van der Waals surface area contributed by atoms with Crippen molar-refractivity contribution in [1.29, 1.82) is 0 Å². The van der Waals surface area contributed by atoms with E-state index in [1.807, 2.05) is 6.92 Å². The summed E-state index contributed by atoms with van der Waals surface area (Å²) in [6, 6.07) is 6.57. The van der Waals surface area contributed by atoms with Crippen LogP contribution in [0.3, 0.4) is 0 Å². The van der Waals surface area contributed by atoms with Gasteiger partial charge in [-0.1, -0.05) is 12.1 Å². The van der Waals surface area contributed by atoms with Gasteiger partial charge in [0.1, 0.15) is 10.6 Å². The summed E-state index contributed by atoms with van der Waals surface area (Å²) in [4.78, 5) is 0.151. The maximum atomic E-state index is 12.5. The number of nitrogens with two attached hydrogens (primary N) is 1. The summed E-state index contributed by atoms with van der Waals surface area (Å²) in [5.74, 6) is 0.659. The van der Waals surface area contributed by atoms with Gasteiger partial charge in [-0.25, -0.2) is 13.1 Å². The first-order valence-electron chi connectivity index (χ1n) is 6.30. The molecular weight excluding hydrogens is 300 g/mol. The van der Waals surface area contributed by atoms with E-state index in [-0.39, 0.29) is 23.8 Å². The van der Waals surface area contributed by atoms with E-state index in [2.05, 4.69) is 4.72 Å². The van der Waals surface area contributed by atoms with Crippen LogP contribution in [-0.4, -0.2) is 27.6 Å². The Balaban J connectivity index is 0.00000200. The van der Waals surface area contributed by atoms with Gasteiger partial charge >= 0.3 is 0 Å². The van der Waals surface area contributed by atoms with Crippen molar-refractivity contribution in [3.8, 4) is 5.75 Å². The van der Waals surface area contributed by atoms with Crippen LogP contribution in [0.4, 0.5) is 0 Å². The number of hydrogen-bond donors (Lipinski definition) is 2. The molecule has 7 heteroatoms. The second-order valence-corrected chi connectivity index (χ2v) is 6.80. The van der Waals surface area contributed by atoms with E-state index in [0.29, 0.717) is 11.7 Å². The van der Waals surface area contributed by atoms with Crippen LogP contribution in [0, 0.1) is 5.92 Å². The normalized spacial score (nSPS) is 17.9. The van der Waals surface area contributed by atoms with Crippen molar-refractivity contribution in [1.82, 2.24) is 4.72 Å². The van der Waals surface area contributed by atoms with Crippen molar-refractivity contribution in [3.63, 3.8) is 0 Å². The molecular formula is C13H21ClN2O3S. The van der Waals surface area contributed by atoms with Gasteiger partial charge in [0.25, 0.3) is 0 Å². The summed E-state index contributed by atoms with van der Waals surface area (Å²) in [7, 11) is -2.18. The SMILES string of the molecule is COc1ccccc1S(=O)(=O)NC(C)(CN)C1CC1.Cl. The molecule has 0 saturated heterocycles. The Morgan fingerprint density at radius 1 is 1.40 bits per heavy atom. The number of para-hydroxylation sites is 1. The van der Waals surface area contributed by atoms with E-state index >= 15 is 0 Å². The molecule has 0 radical (unpaired) electrons. The van der Waals surface area contributed by atoms with Crippen LogP contribution in [0.15, 0.2) is 29.2 Å². The predicted octanol–water partition coefficient (Wildman–Crippen LogP) is 1.52. The quantitative estimate of drug-likeness (QED) is 0.832. The van der Waals surface area contributed by atoms with Crippen molar-refractivity contribution in [3.05, 3.63) is 24.3 Å². The fraction of sp³-hybridized carbons (Fsp3) is 0.538. The zero-order chi connectivity index (χ0) is 14.1. The average Bonchev–Trinajstić information content (AvgIpc) is 3.22. The zero-order valence-corrected chi connectivity index (χ0v) is 13.3. The fourth-order valence-electron chi connectivity index (χ4n) is 2.21. The van der Waals surface area contributed by atoms with Gasteiger partial charge in [0.05, 0.1) is 7.11 Å². The molecule has 0 spiro atoms. The van der Waals surface area contributed by atoms with E-state index in [1.54, 1.807) is 18.2 Å². The maximum absolute atomic E-state index is 12.5. The van der Waals surface area contributed by atoms with Crippen LogP contribution >= 0.6 is 12.4 Å². The maximum Gasteiger partial charge on any atom is 0.244 e. The molecule has 20 heavy (non-hydrogen) atoms. The van der Waals surface area contributed by atoms with Crippen molar-refractivity contribution < 1.29 is 13.2 Å². The molecule has 1 unspecified atom stereocenters. The number of rotatable bonds is 6. The van der Waals surface area contributed by atoms with Crippen LogP contribution in [0.25, 0.3) is 0 Å². The summed E-state index contributed by atoms with van der Waals surface area (Å²) in [5.41, 5.74) is 5.16. The van der Waals surface area contributed by atoms with Crippen molar-refractivity contribution in [2.24, 2.45) is 11.7 Å². The molecule has 114 valence electrons. The molecule has 0 bridgehead atoms. The summed E-state index contributed by atoms with van der Waals surface area (Å²) < 4.78 is 32.8. The molecule has 1 aromatic carbocycles. The van der Waals surface area contributed by atoms with Gasteiger partial charge in [-0.05, 0) is 37.8 Å². The van der Waals surface area contributed by atoms with E-state index in [9.17, 15) is 8.42 Å². The van der Waals surface area contributed by atoms with Gasteiger partial charge in [0.2, 0.25) is 10.0 Å². The fourth-order valence-corrected chi connectivity index (χ4v) is 3.86. The second-order valence-electron chi connectivity index (χ2n) is 5.15. The summed E-state index contributed by atoms with van der Waals surface area (Å²) in [5, 5.41) is 0. The van der Waals surface area contributed by atoms with Crippen molar-refractivity contribution in [2.75, 3.05) is 13.7 Å². The molecule has 1 fully saturated rings. The van der Waals surface area contributed by atoms with Crippen LogP contribution in [0.1, 0.15) is 19.8 Å². The molecule has 5 nitrogen and oxygen atoms in total. The first-order valence-corrected chi connectivity index (χ1v) is 7.78. The molecule has 1 saturated carbocycles. The Morgan fingerprint density at radius 2 is 2.00 bits per heavy atom. The highest BCUT2D eigenvalue weighted by Gasteiger charge is 2.43. The van der Waals surface area contributed by atoms with Crippen molar-refractivity contribution >= 4 is 22.4 Å². The predicted molar refractivity (Wildman–Crippen MR) is 80.7 cm³/mol. The van der Waals surface area contributed by atoms with Gasteiger partial charge in [-0.2, -0.15) is 0 Å². The molecule has 1 aromatic rings. The molecule has 0 aromatic heterocycles. The third-order valence-electron chi connectivity index (χ3n) is 3.63. The van der Waals surface area contributed by atoms with Gasteiger partial charge in [0.15, 0.2) is 0 Å². The Bertz CT molecular complexity index is 560. The first kappa shape index (κ1) is 17.2. The van der Waals surface area contributed by atoms with Crippen LogP contribution in [-0.2, 0) is 10.0 Å². The van der Waals surface area contributed by atoms with Gasteiger partial charge < -0.3 is 10.5 Å². The highest BCUT2D eigenvalue weighted by molar-refractivity contribution is 7.89. The van der Waals surface area contributed by atoms with Crippen LogP contribution in [0.5, 0.6) is 5.75 Å². The van der Waals surface area contributed by atoms with Gasteiger partial charge in [-0.3, -0.25) is 0 Å². The number of ether oxygens (including phenoxy) is 1. The lowest BCUT2D eigenvalue weighted by atomic mass is 9.98. The average molecular weight is 321 g/mol. The van der Waals surface area contributed by atoms with E-state index in [0.717, 1.165) is 12.8 Å². The second kappa shape index (κ2) is 6.30. The standard InChI is InChI=1S/C13H20N2O3S.ClH/c1-13(9-14,10-7-8-10)15-19(16,17)12-6-4-3-5-11(12)18-2;/h3-6,10,15H,7-9,14H2,1-2H3;1H. The zero-order valence-electron chi connectivity index (χ0n) is 11.6. The van der Waals surface area contributed by atoms with E-state index in [4.69, 9.17) is 10.5 Å². The summed E-state index contributed by atoms with van der Waals surface area (Å²) >= 11 is 0. The van der Waals surface area contributed by atoms with Crippen LogP contribution < -0.4 is 15.2 Å². The minimum Gasteiger partial charge on any atom is -0.495 e. The third kappa shape index (κ3) is 3.44. The molecule has 2 rings (SSSR count). The Morgan fingerprint density at radius 3 is 2.50 bits per heavy atom. The van der Waals surface area contributed by atoms with E-state index in [1.165, 1.54) is 13.2 Å². The Kier molecular flexibility index (Phi) is 5.43. The number of nitrogens with one attached hydrogen (secondary N) is 1. The first-order chi connectivity index (χ1) is 8.93. The smallest absolute Gasteiger partial charge is 0.244 e. The topological polar surface area (TPSA) is 81.4 Å². The highest BCUT2D eigenvalue weighted by atomic mass is 35.5. The minimum absolute atomic E-state index is 0. The lowest BCUT2D eigenvalue weighted by molar-refractivity contribution is 0.370. The molecule has 0 amide bonds. The summed E-state index contributed by atoms with van der Waals surface area (Å²) in [6.45, 7) is 2.14.